The summed E-state index contributed by atoms with van der Waals surface area (Å²) >= 11 is 0. The number of carbonyl (C=O) groups is 1. The molecule has 15 nitrogen and oxygen atoms in total. The molecule has 0 radical (unpaired) electrons. The molecule has 1 aromatic carbocycles. The van der Waals surface area contributed by atoms with Crippen LogP contribution in [0.25, 0.3) is 0 Å². The fourth-order valence-electron chi connectivity index (χ4n) is 9.46. The minimum Gasteiger partial charge on any atom is -0.482 e. The first-order valence-electron chi connectivity index (χ1n) is 21.3. The van der Waals surface area contributed by atoms with Crippen molar-refractivity contribution in [3.05, 3.63) is 29.8 Å². The number of methoxy groups -OCH3 is 1. The zero-order valence-corrected chi connectivity index (χ0v) is 37.5. The largest absolute Gasteiger partial charge is 0.482 e. The van der Waals surface area contributed by atoms with E-state index in [9.17, 15) is 30.5 Å². The van der Waals surface area contributed by atoms with E-state index in [-0.39, 0.29) is 37.3 Å². The van der Waals surface area contributed by atoms with Crippen LogP contribution in [-0.2, 0) is 33.2 Å². The molecule has 1 aromatic rings. The molecule has 18 atom stereocenters. The standard InChI is InChI=1S/C44H73N3O12/c1-14-33-44(10,52)37(48)28(6)47(12)23-24(2)20-42(8,51)39(59-41-36(31(46-11)19-25(3)54-41)56-32-18-16-15-17-30(32)22-45)26(4)35(27(5)40(50)57-33)58-34-21-43(9,53-13)38(49)29(7)55-34/h15-18,24-29,31,33-39,41,46,48-49,51-52H,14,19-21,23H2,1-13H3/t24-,25-,26+,27-,28-,29+,31+,33-,34+,35+,36-,37-,38+,39-,41+,42-,43-,44-/m1/s1. The highest BCUT2D eigenvalue weighted by molar-refractivity contribution is 5.73. The molecule has 3 saturated heterocycles. The van der Waals surface area contributed by atoms with Gasteiger partial charge in [0, 0.05) is 32.0 Å². The number of carbonyl (C=O) groups excluding carboxylic acids is 1. The third-order valence-corrected chi connectivity index (χ3v) is 13.2. The maximum Gasteiger partial charge on any atom is 0.311 e. The van der Waals surface area contributed by atoms with Gasteiger partial charge in [-0.3, -0.25) is 4.79 Å². The molecule has 3 aliphatic heterocycles. The van der Waals surface area contributed by atoms with Crippen molar-refractivity contribution in [2.75, 3.05) is 27.7 Å². The summed E-state index contributed by atoms with van der Waals surface area (Å²) < 4.78 is 45.0. The number of aliphatic hydroxyl groups is 4. The van der Waals surface area contributed by atoms with Crippen LogP contribution >= 0.6 is 0 Å². The second-order valence-corrected chi connectivity index (χ2v) is 18.2. The van der Waals surface area contributed by atoms with Crippen LogP contribution in [0, 0.1) is 29.1 Å². The van der Waals surface area contributed by atoms with E-state index < -0.39 is 96.0 Å². The predicted octanol–water partition coefficient (Wildman–Crippen LogP) is 3.52. The lowest BCUT2D eigenvalue weighted by Gasteiger charge is -2.48. The second-order valence-electron chi connectivity index (χ2n) is 18.2. The van der Waals surface area contributed by atoms with Gasteiger partial charge in [-0.25, -0.2) is 0 Å². The van der Waals surface area contributed by atoms with Gasteiger partial charge in [-0.15, -0.1) is 0 Å². The number of benzene rings is 1. The Morgan fingerprint density at radius 3 is 2.25 bits per heavy atom. The number of rotatable bonds is 9. The van der Waals surface area contributed by atoms with Crippen molar-refractivity contribution in [3.63, 3.8) is 0 Å². The highest BCUT2D eigenvalue weighted by Crippen LogP contribution is 2.40. The van der Waals surface area contributed by atoms with Crippen molar-refractivity contribution in [1.29, 1.82) is 5.26 Å². The van der Waals surface area contributed by atoms with Crippen LogP contribution in [-0.4, -0.2) is 149 Å². The minimum atomic E-state index is -1.82. The van der Waals surface area contributed by atoms with E-state index in [4.69, 9.17) is 33.2 Å². The van der Waals surface area contributed by atoms with E-state index in [1.807, 2.05) is 39.8 Å². The van der Waals surface area contributed by atoms with Gasteiger partial charge in [0.05, 0.1) is 53.1 Å². The van der Waals surface area contributed by atoms with Crippen molar-refractivity contribution < 1.29 is 58.4 Å². The highest BCUT2D eigenvalue weighted by Gasteiger charge is 2.53. The number of hydrogen-bond acceptors (Lipinski definition) is 15. The average Bonchev–Trinajstić information content (AvgIpc) is 3.18. The number of cyclic esters (lactones) is 1. The lowest BCUT2D eigenvalue weighted by molar-refractivity contribution is -0.314. The summed E-state index contributed by atoms with van der Waals surface area (Å²) in [6, 6.07) is 8.27. The fourth-order valence-corrected chi connectivity index (χ4v) is 9.46. The van der Waals surface area contributed by atoms with Crippen molar-refractivity contribution in [3.8, 4) is 11.8 Å². The Balaban J connectivity index is 1.87. The Bertz CT molecular complexity index is 1560. The van der Waals surface area contributed by atoms with Gasteiger partial charge in [-0.1, -0.05) is 32.9 Å². The van der Waals surface area contributed by atoms with Gasteiger partial charge in [0.15, 0.2) is 18.7 Å². The molecule has 0 unspecified atom stereocenters. The normalized spacial score (nSPS) is 44.7. The molecule has 3 aliphatic rings. The molecule has 15 heteroatoms. The molecule has 4 rings (SSSR count). The van der Waals surface area contributed by atoms with E-state index in [2.05, 4.69) is 11.4 Å². The number of nitrogens with one attached hydrogen (secondary N) is 1. The maximum absolute atomic E-state index is 14.4. The van der Waals surface area contributed by atoms with Crippen LogP contribution in [0.1, 0.15) is 100 Å². The number of ether oxygens (including phenoxy) is 7. The summed E-state index contributed by atoms with van der Waals surface area (Å²) in [7, 11) is 5.17. The van der Waals surface area contributed by atoms with Gasteiger partial charge in [0.25, 0.3) is 0 Å². The first-order valence-corrected chi connectivity index (χ1v) is 21.3. The number of nitriles is 1. The van der Waals surface area contributed by atoms with Crippen LogP contribution in [0.3, 0.4) is 0 Å². The Morgan fingerprint density at radius 2 is 1.64 bits per heavy atom. The van der Waals surface area contributed by atoms with Gasteiger partial charge in [0.2, 0.25) is 0 Å². The third kappa shape index (κ3) is 11.1. The molecule has 0 amide bonds. The zero-order valence-electron chi connectivity index (χ0n) is 37.5. The van der Waals surface area contributed by atoms with E-state index in [0.717, 1.165) is 0 Å². The van der Waals surface area contributed by atoms with Gasteiger partial charge < -0.3 is 63.8 Å². The number of nitrogens with zero attached hydrogens (tertiary/aromatic N) is 2. The molecular weight excluding hydrogens is 762 g/mol. The van der Waals surface area contributed by atoms with Crippen LogP contribution in [0.15, 0.2) is 24.3 Å². The number of para-hydroxylation sites is 1. The van der Waals surface area contributed by atoms with E-state index in [0.29, 0.717) is 24.3 Å². The lowest BCUT2D eigenvalue weighted by atomic mass is 9.77. The van der Waals surface area contributed by atoms with Crippen LogP contribution in [0.5, 0.6) is 5.75 Å². The SMILES string of the molecule is CC[C@H]1OC(=O)[C@H](C)[C@@H](O[C@H]2C[C@@](C)(OC)[C@@H](O)[C@H](C)O2)[C@H](C)[C@@H](O[C@@H]2O[C@H](C)C[C@H](NC)[C@H]2Oc2ccccc2C#N)[C@](C)(O)C[C@@H](C)CN(C)[C@H](C)[C@@H](O)[C@]1(C)O. The number of hydrogen-bond donors (Lipinski definition) is 5. The maximum atomic E-state index is 14.4. The molecule has 0 bridgehead atoms. The van der Waals surface area contributed by atoms with Gasteiger partial charge in [0.1, 0.15) is 35.7 Å². The Kier molecular flexibility index (Phi) is 16.8. The lowest BCUT2D eigenvalue weighted by Crippen LogP contribution is -2.61. The van der Waals surface area contributed by atoms with Crippen LogP contribution in [0.2, 0.25) is 0 Å². The summed E-state index contributed by atoms with van der Waals surface area (Å²) in [6.45, 7) is 18.1. The van der Waals surface area contributed by atoms with Crippen molar-refractivity contribution in [2.45, 2.75) is 185 Å². The number of likely N-dealkylation sites (N-methyl/N-ethyl adjacent to an activating group) is 2. The third-order valence-electron chi connectivity index (χ3n) is 13.2. The van der Waals surface area contributed by atoms with Gasteiger partial charge in [-0.05, 0) is 99.9 Å². The first-order chi connectivity index (χ1) is 27.5. The van der Waals surface area contributed by atoms with Gasteiger partial charge >= 0.3 is 5.97 Å². The smallest absolute Gasteiger partial charge is 0.311 e. The quantitative estimate of drug-likeness (QED) is 0.226. The topological polar surface area (TPSA) is 202 Å². The van der Waals surface area contributed by atoms with Crippen molar-refractivity contribution in [1.82, 2.24) is 10.2 Å². The van der Waals surface area contributed by atoms with Gasteiger partial charge in [-0.2, -0.15) is 5.26 Å². The van der Waals surface area contributed by atoms with E-state index >= 15 is 0 Å². The van der Waals surface area contributed by atoms with Crippen LogP contribution in [0.4, 0.5) is 0 Å². The summed E-state index contributed by atoms with van der Waals surface area (Å²) in [6.07, 6.45) is -8.19. The molecule has 336 valence electrons. The zero-order chi connectivity index (χ0) is 44.2. The molecular formula is C44H73N3O12. The molecule has 3 heterocycles. The van der Waals surface area contributed by atoms with Crippen LogP contribution < -0.4 is 10.1 Å². The number of esters is 1. The molecule has 0 spiro atoms. The Labute approximate surface area is 351 Å². The molecule has 0 aromatic heterocycles. The summed E-state index contributed by atoms with van der Waals surface area (Å²) in [5, 5.41) is 60.5. The molecule has 0 aliphatic carbocycles. The summed E-state index contributed by atoms with van der Waals surface area (Å²) in [5.41, 5.74) is -4.13. The highest BCUT2D eigenvalue weighted by atomic mass is 16.7. The Hall–Kier alpha value is -2.46. The van der Waals surface area contributed by atoms with E-state index in [1.54, 1.807) is 65.8 Å². The minimum absolute atomic E-state index is 0.114. The predicted molar refractivity (Wildman–Crippen MR) is 219 cm³/mol. The Morgan fingerprint density at radius 1 is 0.983 bits per heavy atom. The molecule has 3 fully saturated rings. The molecule has 0 saturated carbocycles. The van der Waals surface area contributed by atoms with Crippen molar-refractivity contribution >= 4 is 5.97 Å². The first kappa shape index (κ1) is 49.2. The summed E-state index contributed by atoms with van der Waals surface area (Å²) in [5.74, 6) is -2.34. The average molecular weight is 836 g/mol. The second kappa shape index (κ2) is 20.2. The monoisotopic (exact) mass is 836 g/mol. The number of aliphatic hydroxyl groups excluding tert-OH is 2. The fraction of sp³-hybridized carbons (Fsp3) is 0.818. The van der Waals surface area contributed by atoms with E-state index in [1.165, 1.54) is 14.0 Å². The molecule has 5 N–H and O–H groups in total. The van der Waals surface area contributed by atoms with Crippen molar-refractivity contribution in [2.24, 2.45) is 17.8 Å². The molecule has 59 heavy (non-hydrogen) atoms. The summed E-state index contributed by atoms with van der Waals surface area (Å²) in [4.78, 5) is 16.3.